The fourth-order valence-corrected chi connectivity index (χ4v) is 6.48. The van der Waals surface area contributed by atoms with Crippen molar-refractivity contribution in [1.82, 2.24) is 0 Å². The van der Waals surface area contributed by atoms with Crippen LogP contribution in [0.1, 0.15) is 126 Å². The molecule has 0 aromatic rings. The Kier molecular flexibility index (Phi) is 15.3. The SMILES string of the molecule is CCCCCCCC/C=C\C[C@H](CCC[C@@H](C)O[Si](C)(C)C(C)(C)C)O[Si](C)(C)C(C)(C)C. The summed E-state index contributed by atoms with van der Waals surface area (Å²) in [6.45, 7) is 28.1. The maximum Gasteiger partial charge on any atom is 0.192 e. The second kappa shape index (κ2) is 15.3. The molecule has 0 heterocycles. The van der Waals surface area contributed by atoms with Gasteiger partial charge in [-0.3, -0.25) is 0 Å². The molecule has 0 aromatic carbocycles. The lowest BCUT2D eigenvalue weighted by Crippen LogP contribution is -2.44. The fraction of sp³-hybridized carbons (Fsp3) is 0.931. The Morgan fingerprint density at radius 1 is 0.667 bits per heavy atom. The highest BCUT2D eigenvalue weighted by molar-refractivity contribution is 6.74. The molecule has 0 aliphatic carbocycles. The standard InChI is InChI=1S/C29H62O2Si2/c1-13-14-15-16-17-18-19-20-21-24-27(31-33(11,12)29(6,7)8)25-22-23-26(2)30-32(9,10)28(3,4)5/h20-21,26-27H,13-19,22-25H2,1-12H3/b21-20-/t26-,27-/m1/s1. The van der Waals surface area contributed by atoms with Crippen LogP contribution in [0.15, 0.2) is 12.2 Å². The van der Waals surface area contributed by atoms with E-state index in [9.17, 15) is 0 Å². The van der Waals surface area contributed by atoms with Crippen molar-refractivity contribution in [3.05, 3.63) is 12.2 Å². The maximum atomic E-state index is 6.87. The number of allylic oxidation sites excluding steroid dienone is 1. The van der Waals surface area contributed by atoms with Gasteiger partial charge >= 0.3 is 0 Å². The van der Waals surface area contributed by atoms with Crippen LogP contribution >= 0.6 is 0 Å². The minimum atomic E-state index is -1.76. The Morgan fingerprint density at radius 2 is 1.18 bits per heavy atom. The number of hydrogen-bond donors (Lipinski definition) is 0. The summed E-state index contributed by atoms with van der Waals surface area (Å²) in [4.78, 5) is 0. The first-order valence-electron chi connectivity index (χ1n) is 14.0. The number of unbranched alkanes of at least 4 members (excludes halogenated alkanes) is 6. The van der Waals surface area contributed by atoms with Crippen LogP contribution in [0.5, 0.6) is 0 Å². The average Bonchev–Trinajstić information content (AvgIpc) is 2.64. The van der Waals surface area contributed by atoms with Gasteiger partial charge in [-0.1, -0.05) is 92.7 Å². The van der Waals surface area contributed by atoms with Crippen LogP contribution in [0.3, 0.4) is 0 Å². The third-order valence-electron chi connectivity index (χ3n) is 8.00. The van der Waals surface area contributed by atoms with Crippen molar-refractivity contribution in [2.24, 2.45) is 0 Å². The van der Waals surface area contributed by atoms with E-state index in [4.69, 9.17) is 8.85 Å². The summed E-state index contributed by atoms with van der Waals surface area (Å²) in [7, 11) is -3.45. The molecular formula is C29H62O2Si2. The molecule has 0 saturated heterocycles. The van der Waals surface area contributed by atoms with Crippen LogP contribution in [0.25, 0.3) is 0 Å². The fourth-order valence-electron chi connectivity index (χ4n) is 3.60. The molecule has 2 nitrogen and oxygen atoms in total. The zero-order valence-electron chi connectivity index (χ0n) is 24.9. The Hall–Kier alpha value is 0.0938. The predicted octanol–water partition coefficient (Wildman–Crippen LogP) is 10.7. The van der Waals surface area contributed by atoms with E-state index in [-0.39, 0.29) is 10.1 Å². The predicted molar refractivity (Wildman–Crippen MR) is 155 cm³/mol. The summed E-state index contributed by atoms with van der Waals surface area (Å²) in [5.74, 6) is 0. The van der Waals surface area contributed by atoms with Gasteiger partial charge in [0.25, 0.3) is 0 Å². The Balaban J connectivity index is 4.71. The van der Waals surface area contributed by atoms with E-state index in [0.717, 1.165) is 19.3 Å². The molecule has 198 valence electrons. The summed E-state index contributed by atoms with van der Waals surface area (Å²) < 4.78 is 13.5. The van der Waals surface area contributed by atoms with Crippen molar-refractivity contribution in [3.8, 4) is 0 Å². The smallest absolute Gasteiger partial charge is 0.192 e. The Morgan fingerprint density at radius 3 is 1.73 bits per heavy atom. The first kappa shape index (κ1) is 33.1. The molecule has 33 heavy (non-hydrogen) atoms. The van der Waals surface area contributed by atoms with Crippen LogP contribution in [-0.2, 0) is 8.85 Å². The van der Waals surface area contributed by atoms with Crippen LogP contribution < -0.4 is 0 Å². The molecule has 0 bridgehead atoms. The van der Waals surface area contributed by atoms with Crippen LogP contribution in [0.2, 0.25) is 36.3 Å². The third-order valence-corrected chi connectivity index (χ3v) is 17.1. The molecular weight excluding hydrogens is 436 g/mol. The van der Waals surface area contributed by atoms with Gasteiger partial charge in [0.05, 0.1) is 0 Å². The molecule has 4 heteroatoms. The van der Waals surface area contributed by atoms with Crippen molar-refractivity contribution < 1.29 is 8.85 Å². The van der Waals surface area contributed by atoms with E-state index in [1.54, 1.807) is 0 Å². The number of hydrogen-bond acceptors (Lipinski definition) is 2. The van der Waals surface area contributed by atoms with E-state index >= 15 is 0 Å². The van der Waals surface area contributed by atoms with Gasteiger partial charge in [-0.15, -0.1) is 0 Å². The van der Waals surface area contributed by atoms with Crippen molar-refractivity contribution in [1.29, 1.82) is 0 Å². The molecule has 0 aliphatic heterocycles. The molecule has 2 atom stereocenters. The van der Waals surface area contributed by atoms with Crippen molar-refractivity contribution >= 4 is 16.6 Å². The third kappa shape index (κ3) is 14.3. The molecule has 0 spiro atoms. The van der Waals surface area contributed by atoms with Crippen LogP contribution in [0, 0.1) is 0 Å². The van der Waals surface area contributed by atoms with E-state index < -0.39 is 16.6 Å². The average molecular weight is 499 g/mol. The van der Waals surface area contributed by atoms with E-state index in [0.29, 0.717) is 12.2 Å². The zero-order chi connectivity index (χ0) is 25.8. The summed E-state index contributed by atoms with van der Waals surface area (Å²) in [5, 5.41) is 0.530. The van der Waals surface area contributed by atoms with E-state index in [2.05, 4.69) is 93.7 Å². The van der Waals surface area contributed by atoms with Gasteiger partial charge in [-0.25, -0.2) is 0 Å². The zero-order valence-corrected chi connectivity index (χ0v) is 26.9. The van der Waals surface area contributed by atoms with Gasteiger partial charge in [0, 0.05) is 12.2 Å². The maximum absolute atomic E-state index is 6.87. The van der Waals surface area contributed by atoms with Crippen molar-refractivity contribution in [2.75, 3.05) is 0 Å². The summed E-state index contributed by atoms with van der Waals surface area (Å²) in [6, 6.07) is 0. The lowest BCUT2D eigenvalue weighted by atomic mass is 10.1. The molecule has 0 amide bonds. The molecule has 0 rings (SSSR count). The van der Waals surface area contributed by atoms with Gasteiger partial charge in [0.2, 0.25) is 0 Å². The Labute approximate surface area is 212 Å². The Bertz CT molecular complexity index is 527. The van der Waals surface area contributed by atoms with E-state index in [1.165, 1.54) is 51.4 Å². The first-order chi connectivity index (χ1) is 15.0. The van der Waals surface area contributed by atoms with Gasteiger partial charge < -0.3 is 8.85 Å². The highest BCUT2D eigenvalue weighted by atomic mass is 28.4. The summed E-state index contributed by atoms with van der Waals surface area (Å²) >= 11 is 0. The monoisotopic (exact) mass is 498 g/mol. The number of rotatable bonds is 17. The highest BCUT2D eigenvalue weighted by Gasteiger charge is 2.39. The topological polar surface area (TPSA) is 18.5 Å². The highest BCUT2D eigenvalue weighted by Crippen LogP contribution is 2.39. The van der Waals surface area contributed by atoms with Crippen LogP contribution in [-0.4, -0.2) is 28.8 Å². The molecule has 0 unspecified atom stereocenters. The summed E-state index contributed by atoms with van der Waals surface area (Å²) in [5.41, 5.74) is 0. The van der Waals surface area contributed by atoms with Gasteiger partial charge in [0.15, 0.2) is 16.6 Å². The molecule has 0 aliphatic rings. The molecule has 0 radical (unpaired) electrons. The first-order valence-corrected chi connectivity index (χ1v) is 19.9. The molecule has 0 fully saturated rings. The van der Waals surface area contributed by atoms with Crippen molar-refractivity contribution in [3.63, 3.8) is 0 Å². The molecule has 0 saturated carbocycles. The normalized spacial score (nSPS) is 15.9. The quantitative estimate of drug-likeness (QED) is 0.113. The van der Waals surface area contributed by atoms with E-state index in [1.807, 2.05) is 0 Å². The second-order valence-electron chi connectivity index (χ2n) is 13.4. The van der Waals surface area contributed by atoms with Crippen molar-refractivity contribution in [2.45, 2.75) is 174 Å². The van der Waals surface area contributed by atoms with Crippen LogP contribution in [0.4, 0.5) is 0 Å². The lowest BCUT2D eigenvalue weighted by molar-refractivity contribution is 0.151. The summed E-state index contributed by atoms with van der Waals surface area (Å²) in [6.07, 6.45) is 19.4. The lowest BCUT2D eigenvalue weighted by Gasteiger charge is -2.40. The van der Waals surface area contributed by atoms with Gasteiger partial charge in [-0.05, 0) is 81.7 Å². The molecule has 0 N–H and O–H groups in total. The molecule has 0 aromatic heterocycles. The minimum absolute atomic E-state index is 0.256. The minimum Gasteiger partial charge on any atom is -0.414 e. The van der Waals surface area contributed by atoms with Gasteiger partial charge in [0.1, 0.15) is 0 Å². The van der Waals surface area contributed by atoms with Gasteiger partial charge in [-0.2, -0.15) is 0 Å². The largest absolute Gasteiger partial charge is 0.414 e. The second-order valence-corrected chi connectivity index (χ2v) is 22.9.